The summed E-state index contributed by atoms with van der Waals surface area (Å²) in [5.74, 6) is -1.92. The second kappa shape index (κ2) is 9.49. The molecule has 2 atom stereocenters. The van der Waals surface area contributed by atoms with E-state index in [1.54, 1.807) is 12.1 Å². The minimum atomic E-state index is -5.00. The molecule has 0 heterocycles. The monoisotopic (exact) mass is 424 g/mol. The first kappa shape index (κ1) is 22.1. The van der Waals surface area contributed by atoms with Crippen LogP contribution in [0.15, 0.2) is 42.5 Å². The molecular formula is C23H24F4O3. The van der Waals surface area contributed by atoms with E-state index in [2.05, 4.69) is 11.7 Å². The molecule has 162 valence electrons. The number of halogens is 4. The van der Waals surface area contributed by atoms with Crippen LogP contribution in [-0.2, 0) is 0 Å². The van der Waals surface area contributed by atoms with Crippen molar-refractivity contribution in [2.24, 2.45) is 5.92 Å². The third-order valence-corrected chi connectivity index (χ3v) is 5.46. The van der Waals surface area contributed by atoms with Crippen LogP contribution >= 0.6 is 0 Å². The van der Waals surface area contributed by atoms with Crippen LogP contribution in [-0.4, -0.2) is 12.3 Å². The van der Waals surface area contributed by atoms with E-state index in [1.807, 2.05) is 12.1 Å². The van der Waals surface area contributed by atoms with Crippen molar-refractivity contribution in [2.45, 2.75) is 57.7 Å². The number of benzene rings is 2. The van der Waals surface area contributed by atoms with Gasteiger partial charge < -0.3 is 9.47 Å². The Morgan fingerprint density at radius 1 is 1.10 bits per heavy atom. The number of hydrogen-bond donors (Lipinski definition) is 0. The maximum absolute atomic E-state index is 13.8. The van der Waals surface area contributed by atoms with Crippen molar-refractivity contribution in [3.63, 3.8) is 0 Å². The Morgan fingerprint density at radius 2 is 1.83 bits per heavy atom. The van der Waals surface area contributed by atoms with E-state index in [1.165, 1.54) is 31.2 Å². The topological polar surface area (TPSA) is 35.5 Å². The Morgan fingerprint density at radius 3 is 2.47 bits per heavy atom. The minimum absolute atomic E-state index is 0.203. The zero-order valence-corrected chi connectivity index (χ0v) is 16.7. The van der Waals surface area contributed by atoms with Crippen LogP contribution in [0.2, 0.25) is 0 Å². The molecule has 0 aliphatic heterocycles. The Labute approximate surface area is 173 Å². The van der Waals surface area contributed by atoms with Gasteiger partial charge in [-0.05, 0) is 60.9 Å². The molecule has 3 rings (SSSR count). The Bertz CT molecular complexity index is 862. The lowest BCUT2D eigenvalue weighted by atomic mass is 9.94. The summed E-state index contributed by atoms with van der Waals surface area (Å²) in [5.41, 5.74) is 1.47. The second-order valence-corrected chi connectivity index (χ2v) is 7.67. The molecule has 2 unspecified atom stereocenters. The molecule has 7 heteroatoms. The van der Waals surface area contributed by atoms with E-state index in [0.29, 0.717) is 12.0 Å². The van der Waals surface area contributed by atoms with Gasteiger partial charge in [-0.1, -0.05) is 38.3 Å². The van der Waals surface area contributed by atoms with Crippen molar-refractivity contribution in [1.29, 1.82) is 0 Å². The van der Waals surface area contributed by atoms with Crippen LogP contribution in [0.1, 0.15) is 67.3 Å². The van der Waals surface area contributed by atoms with Gasteiger partial charge in [0.2, 0.25) is 0 Å². The van der Waals surface area contributed by atoms with Crippen LogP contribution in [0.5, 0.6) is 11.5 Å². The summed E-state index contributed by atoms with van der Waals surface area (Å²) in [6, 6.07) is 9.63. The third kappa shape index (κ3) is 5.97. The van der Waals surface area contributed by atoms with E-state index in [-0.39, 0.29) is 11.3 Å². The quantitative estimate of drug-likeness (QED) is 0.272. The summed E-state index contributed by atoms with van der Waals surface area (Å²) in [6.07, 6.45) is 2.26. The average Bonchev–Trinajstić information content (AvgIpc) is 3.16. The van der Waals surface area contributed by atoms with Crippen molar-refractivity contribution in [2.75, 3.05) is 0 Å². The average molecular weight is 424 g/mol. The summed E-state index contributed by atoms with van der Waals surface area (Å²) in [6.45, 7) is 2.20. The Hall–Kier alpha value is -2.57. The number of ether oxygens (including phenoxy) is 2. The molecule has 0 saturated heterocycles. The number of carbonyl (C=O) groups is 1. The van der Waals surface area contributed by atoms with Gasteiger partial charge in [-0.2, -0.15) is 0 Å². The molecule has 2 aromatic rings. The Kier molecular flexibility index (Phi) is 7.00. The number of carbonyl (C=O) groups excluding carboxylic acids is 1. The van der Waals surface area contributed by atoms with Gasteiger partial charge in [0.15, 0.2) is 11.6 Å². The lowest BCUT2D eigenvalue weighted by Gasteiger charge is -2.13. The molecule has 1 fully saturated rings. The SMILES string of the molecule is CCCCC1CCC(c2ccc(C(=O)Oc3ccc(OC(F)(F)F)c(F)c3)cc2)C1. The highest BCUT2D eigenvalue weighted by atomic mass is 19.4. The van der Waals surface area contributed by atoms with Crippen LogP contribution in [0.3, 0.4) is 0 Å². The predicted octanol–water partition coefficient (Wildman–Crippen LogP) is 7.02. The molecule has 0 amide bonds. The lowest BCUT2D eigenvalue weighted by Crippen LogP contribution is -2.18. The standard InChI is InChI=1S/C23H24F4O3/c1-2-3-4-15-5-6-18(13-15)16-7-9-17(10-8-16)22(28)29-19-11-12-21(20(24)14-19)30-23(25,26)27/h7-12,14-15,18H,2-6,13H2,1H3. The Balaban J connectivity index is 1.59. The summed E-state index contributed by atoms with van der Waals surface area (Å²) >= 11 is 0. The van der Waals surface area contributed by atoms with Crippen molar-refractivity contribution >= 4 is 5.97 Å². The fourth-order valence-corrected chi connectivity index (χ4v) is 3.94. The van der Waals surface area contributed by atoms with Crippen LogP contribution in [0, 0.1) is 11.7 Å². The molecule has 1 aliphatic carbocycles. The van der Waals surface area contributed by atoms with Crippen molar-refractivity contribution in [1.82, 2.24) is 0 Å². The van der Waals surface area contributed by atoms with Crippen molar-refractivity contribution in [3.05, 3.63) is 59.4 Å². The van der Waals surface area contributed by atoms with E-state index < -0.39 is 23.9 Å². The van der Waals surface area contributed by atoms with E-state index in [0.717, 1.165) is 30.9 Å². The van der Waals surface area contributed by atoms with Gasteiger partial charge in [-0.3, -0.25) is 0 Å². The van der Waals surface area contributed by atoms with E-state index in [4.69, 9.17) is 4.74 Å². The van der Waals surface area contributed by atoms with E-state index in [9.17, 15) is 22.4 Å². The molecule has 1 aliphatic rings. The molecular weight excluding hydrogens is 400 g/mol. The molecule has 0 radical (unpaired) electrons. The van der Waals surface area contributed by atoms with Gasteiger partial charge in [0.25, 0.3) is 0 Å². The molecule has 0 spiro atoms. The fourth-order valence-electron chi connectivity index (χ4n) is 3.94. The van der Waals surface area contributed by atoms with Gasteiger partial charge in [-0.25, -0.2) is 9.18 Å². The summed E-state index contributed by atoms with van der Waals surface area (Å²) in [5, 5.41) is 0. The first-order valence-electron chi connectivity index (χ1n) is 10.1. The van der Waals surface area contributed by atoms with Gasteiger partial charge in [0.05, 0.1) is 5.56 Å². The second-order valence-electron chi connectivity index (χ2n) is 7.67. The summed E-state index contributed by atoms with van der Waals surface area (Å²) < 4.78 is 59.0. The highest BCUT2D eigenvalue weighted by molar-refractivity contribution is 5.91. The smallest absolute Gasteiger partial charge is 0.423 e. The molecule has 0 bridgehead atoms. The van der Waals surface area contributed by atoms with Crippen molar-refractivity contribution in [3.8, 4) is 11.5 Å². The normalized spacial score (nSPS) is 19.0. The van der Waals surface area contributed by atoms with Crippen molar-refractivity contribution < 1.29 is 31.8 Å². The van der Waals surface area contributed by atoms with Crippen LogP contribution in [0.25, 0.3) is 0 Å². The van der Waals surface area contributed by atoms with Gasteiger partial charge in [0, 0.05) is 6.07 Å². The maximum Gasteiger partial charge on any atom is 0.573 e. The van der Waals surface area contributed by atoms with Gasteiger partial charge in [-0.15, -0.1) is 13.2 Å². The number of alkyl halides is 3. The number of hydrogen-bond acceptors (Lipinski definition) is 3. The highest BCUT2D eigenvalue weighted by Crippen LogP contribution is 2.40. The first-order chi connectivity index (χ1) is 14.2. The first-order valence-corrected chi connectivity index (χ1v) is 10.1. The molecule has 2 aromatic carbocycles. The van der Waals surface area contributed by atoms with E-state index >= 15 is 0 Å². The third-order valence-electron chi connectivity index (χ3n) is 5.46. The molecule has 0 aromatic heterocycles. The maximum atomic E-state index is 13.8. The fraction of sp³-hybridized carbons (Fsp3) is 0.435. The van der Waals surface area contributed by atoms with Gasteiger partial charge in [0.1, 0.15) is 5.75 Å². The largest absolute Gasteiger partial charge is 0.573 e. The molecule has 30 heavy (non-hydrogen) atoms. The minimum Gasteiger partial charge on any atom is -0.423 e. The summed E-state index contributed by atoms with van der Waals surface area (Å²) in [4.78, 5) is 12.3. The predicted molar refractivity (Wildman–Crippen MR) is 104 cm³/mol. The van der Waals surface area contributed by atoms with Crippen LogP contribution in [0.4, 0.5) is 17.6 Å². The molecule has 0 N–H and O–H groups in total. The lowest BCUT2D eigenvalue weighted by molar-refractivity contribution is -0.275. The number of esters is 1. The van der Waals surface area contributed by atoms with Crippen LogP contribution < -0.4 is 9.47 Å². The van der Waals surface area contributed by atoms with Gasteiger partial charge >= 0.3 is 12.3 Å². The molecule has 3 nitrogen and oxygen atoms in total. The number of rotatable bonds is 7. The zero-order chi connectivity index (χ0) is 21.7. The highest BCUT2D eigenvalue weighted by Gasteiger charge is 2.32. The summed E-state index contributed by atoms with van der Waals surface area (Å²) in [7, 11) is 0. The molecule has 1 saturated carbocycles. The zero-order valence-electron chi connectivity index (χ0n) is 16.7. The number of unbranched alkanes of at least 4 members (excludes halogenated alkanes) is 1.